The Bertz CT molecular complexity index is 2520. The van der Waals surface area contributed by atoms with Crippen LogP contribution in [0.5, 0.6) is 0 Å². The van der Waals surface area contributed by atoms with Crippen molar-refractivity contribution >= 4 is 10.9 Å². The molecule has 8 aromatic rings. The molecule has 48 heavy (non-hydrogen) atoms. The Hall–Kier alpha value is -6.52. The predicted octanol–water partition coefficient (Wildman–Crippen LogP) is 9.81. The third kappa shape index (κ3) is 5.25. The number of hydrogen-bond acceptors (Lipinski definition) is 2. The molecule has 228 valence electrons. The van der Waals surface area contributed by atoms with Gasteiger partial charge in [-0.2, -0.15) is 0 Å². The van der Waals surface area contributed by atoms with E-state index in [-0.39, 0.29) is 5.56 Å². The van der Waals surface area contributed by atoms with Crippen molar-refractivity contribution in [2.24, 2.45) is 0 Å². The second-order valence-corrected chi connectivity index (χ2v) is 11.7. The molecule has 0 atom stereocenters. The SMILES string of the molecule is O=c1c2cc(-c3ccccc3)cc(-c3ccccc3)c2n(-c2cccc(-c3ccccc3)c2)c(=O)n1-c1cccc(-c2ccccc2)c1. The van der Waals surface area contributed by atoms with Crippen molar-refractivity contribution in [2.75, 3.05) is 0 Å². The van der Waals surface area contributed by atoms with Crippen LogP contribution >= 0.6 is 0 Å². The molecular weight excluding hydrogens is 588 g/mol. The van der Waals surface area contributed by atoms with Crippen LogP contribution < -0.4 is 11.2 Å². The van der Waals surface area contributed by atoms with Gasteiger partial charge in [0.1, 0.15) is 0 Å². The number of aromatic nitrogens is 2. The van der Waals surface area contributed by atoms with E-state index in [0.29, 0.717) is 22.3 Å². The highest BCUT2D eigenvalue weighted by molar-refractivity contribution is 5.98. The van der Waals surface area contributed by atoms with Crippen LogP contribution in [0.25, 0.3) is 66.8 Å². The van der Waals surface area contributed by atoms with E-state index in [2.05, 4.69) is 18.2 Å². The van der Waals surface area contributed by atoms with Crippen molar-refractivity contribution in [1.82, 2.24) is 9.13 Å². The molecule has 7 aromatic carbocycles. The Balaban J connectivity index is 1.50. The molecule has 0 aliphatic heterocycles. The average Bonchev–Trinajstić information content (AvgIpc) is 3.16. The van der Waals surface area contributed by atoms with E-state index in [0.717, 1.165) is 44.5 Å². The third-order valence-corrected chi connectivity index (χ3v) is 8.76. The second kappa shape index (κ2) is 12.3. The largest absolute Gasteiger partial charge is 0.340 e. The van der Waals surface area contributed by atoms with Gasteiger partial charge >= 0.3 is 5.69 Å². The van der Waals surface area contributed by atoms with Gasteiger partial charge in [-0.3, -0.25) is 9.36 Å². The summed E-state index contributed by atoms with van der Waals surface area (Å²) in [6.45, 7) is 0. The number of fused-ring (bicyclic) bond motifs is 1. The van der Waals surface area contributed by atoms with E-state index in [1.165, 1.54) is 4.57 Å². The first-order chi connectivity index (χ1) is 23.7. The Morgan fingerprint density at radius 3 is 1.25 bits per heavy atom. The third-order valence-electron chi connectivity index (χ3n) is 8.76. The van der Waals surface area contributed by atoms with Crippen LogP contribution in [0.4, 0.5) is 0 Å². The van der Waals surface area contributed by atoms with E-state index in [9.17, 15) is 9.59 Å². The molecule has 0 bridgehead atoms. The Morgan fingerprint density at radius 2 is 0.750 bits per heavy atom. The first-order valence-electron chi connectivity index (χ1n) is 15.9. The molecule has 0 aliphatic rings. The molecule has 1 heterocycles. The van der Waals surface area contributed by atoms with Gasteiger partial charge in [0.2, 0.25) is 0 Å². The van der Waals surface area contributed by atoms with Crippen molar-refractivity contribution < 1.29 is 0 Å². The van der Waals surface area contributed by atoms with Gasteiger partial charge in [0.25, 0.3) is 5.56 Å². The molecule has 4 heteroatoms. The second-order valence-electron chi connectivity index (χ2n) is 11.7. The highest BCUT2D eigenvalue weighted by Crippen LogP contribution is 2.34. The summed E-state index contributed by atoms with van der Waals surface area (Å²) < 4.78 is 3.02. The summed E-state index contributed by atoms with van der Waals surface area (Å²) in [6.07, 6.45) is 0. The van der Waals surface area contributed by atoms with Crippen LogP contribution in [0.3, 0.4) is 0 Å². The fourth-order valence-electron chi connectivity index (χ4n) is 6.45. The zero-order valence-electron chi connectivity index (χ0n) is 26.0. The molecule has 0 spiro atoms. The van der Waals surface area contributed by atoms with Crippen LogP contribution in [0, 0.1) is 0 Å². The van der Waals surface area contributed by atoms with Crippen molar-refractivity contribution in [3.8, 4) is 55.9 Å². The molecule has 0 aliphatic carbocycles. The molecule has 0 radical (unpaired) electrons. The first-order valence-corrected chi connectivity index (χ1v) is 15.9. The summed E-state index contributed by atoms with van der Waals surface area (Å²) in [5.41, 5.74) is 8.46. The van der Waals surface area contributed by atoms with Crippen LogP contribution in [-0.4, -0.2) is 9.13 Å². The highest BCUT2D eigenvalue weighted by Gasteiger charge is 2.21. The van der Waals surface area contributed by atoms with Gasteiger partial charge in [-0.05, 0) is 75.3 Å². The standard InChI is InChI=1S/C44H30N2O2/c47-43-41-30-37(33-19-9-3-10-20-33)29-40(34-21-11-4-12-22-34)42(41)45(38-25-13-23-35(27-38)31-15-5-1-6-16-31)44(48)46(43)39-26-14-24-36(28-39)32-17-7-2-8-18-32/h1-30H. The van der Waals surface area contributed by atoms with Crippen molar-refractivity contribution in [2.45, 2.75) is 0 Å². The zero-order valence-corrected chi connectivity index (χ0v) is 26.0. The predicted molar refractivity (Wildman–Crippen MR) is 197 cm³/mol. The smallest absolute Gasteiger partial charge is 0.268 e. The van der Waals surface area contributed by atoms with E-state index in [1.807, 2.05) is 164 Å². The number of hydrogen-bond donors (Lipinski definition) is 0. The fraction of sp³-hybridized carbons (Fsp3) is 0. The highest BCUT2D eigenvalue weighted by atomic mass is 16.2. The summed E-state index contributed by atoms with van der Waals surface area (Å²) in [7, 11) is 0. The van der Waals surface area contributed by atoms with Gasteiger partial charge in [0, 0.05) is 5.56 Å². The van der Waals surface area contributed by atoms with Crippen molar-refractivity contribution in [1.29, 1.82) is 0 Å². The maximum Gasteiger partial charge on any atom is 0.340 e. The molecule has 0 fully saturated rings. The minimum Gasteiger partial charge on any atom is -0.268 e. The molecule has 4 nitrogen and oxygen atoms in total. The van der Waals surface area contributed by atoms with Crippen LogP contribution in [0.2, 0.25) is 0 Å². The minimum atomic E-state index is -0.437. The van der Waals surface area contributed by atoms with Crippen LogP contribution in [0.1, 0.15) is 0 Å². The molecule has 0 saturated carbocycles. The average molecular weight is 619 g/mol. The minimum absolute atomic E-state index is 0.370. The lowest BCUT2D eigenvalue weighted by molar-refractivity contribution is 0.835. The Kier molecular flexibility index (Phi) is 7.44. The molecule has 0 saturated heterocycles. The van der Waals surface area contributed by atoms with Gasteiger partial charge in [-0.15, -0.1) is 0 Å². The molecule has 0 amide bonds. The molecule has 1 aromatic heterocycles. The van der Waals surface area contributed by atoms with Gasteiger partial charge in [0.05, 0.1) is 22.3 Å². The van der Waals surface area contributed by atoms with E-state index in [1.54, 1.807) is 4.57 Å². The Labute approximate surface area is 278 Å². The number of nitrogens with zero attached hydrogens (tertiary/aromatic N) is 2. The summed E-state index contributed by atoms with van der Waals surface area (Å²) in [5.74, 6) is 0. The van der Waals surface area contributed by atoms with Gasteiger partial charge in [-0.1, -0.05) is 146 Å². The zero-order chi connectivity index (χ0) is 32.5. The van der Waals surface area contributed by atoms with Gasteiger partial charge < -0.3 is 0 Å². The summed E-state index contributed by atoms with van der Waals surface area (Å²) in [6, 6.07) is 59.7. The van der Waals surface area contributed by atoms with Crippen LogP contribution in [0.15, 0.2) is 192 Å². The maximum absolute atomic E-state index is 15.0. The summed E-state index contributed by atoms with van der Waals surface area (Å²) in [4.78, 5) is 29.8. The summed E-state index contributed by atoms with van der Waals surface area (Å²) in [5, 5.41) is 0.449. The van der Waals surface area contributed by atoms with E-state index < -0.39 is 5.69 Å². The molecule has 0 unspecified atom stereocenters. The molecule has 8 rings (SSSR count). The number of benzene rings is 7. The summed E-state index contributed by atoms with van der Waals surface area (Å²) >= 11 is 0. The normalized spacial score (nSPS) is 11.1. The quantitative estimate of drug-likeness (QED) is 0.186. The lowest BCUT2D eigenvalue weighted by Crippen LogP contribution is -2.38. The topological polar surface area (TPSA) is 44.0 Å². The molecular formula is C44H30N2O2. The van der Waals surface area contributed by atoms with Gasteiger partial charge in [-0.25, -0.2) is 9.36 Å². The lowest BCUT2D eigenvalue weighted by atomic mass is 9.95. The fourth-order valence-corrected chi connectivity index (χ4v) is 6.45. The van der Waals surface area contributed by atoms with Gasteiger partial charge in [0.15, 0.2) is 0 Å². The lowest BCUT2D eigenvalue weighted by Gasteiger charge is -2.19. The maximum atomic E-state index is 15.0. The van der Waals surface area contributed by atoms with E-state index in [4.69, 9.17) is 0 Å². The Morgan fingerprint density at radius 1 is 0.333 bits per heavy atom. The van der Waals surface area contributed by atoms with E-state index >= 15 is 0 Å². The molecule has 0 N–H and O–H groups in total. The van der Waals surface area contributed by atoms with Crippen molar-refractivity contribution in [3.05, 3.63) is 203 Å². The monoisotopic (exact) mass is 618 g/mol. The first kappa shape index (κ1) is 28.9. The van der Waals surface area contributed by atoms with Crippen molar-refractivity contribution in [3.63, 3.8) is 0 Å². The van der Waals surface area contributed by atoms with Crippen LogP contribution in [-0.2, 0) is 0 Å². The number of rotatable bonds is 6.